The van der Waals surface area contributed by atoms with E-state index >= 15 is 0 Å². The minimum absolute atomic E-state index is 0.0518. The molecule has 0 aliphatic heterocycles. The van der Waals surface area contributed by atoms with Crippen molar-refractivity contribution in [1.29, 1.82) is 0 Å². The van der Waals surface area contributed by atoms with Gasteiger partial charge in [-0.1, -0.05) is 18.9 Å². The van der Waals surface area contributed by atoms with Crippen molar-refractivity contribution in [2.24, 2.45) is 0 Å². The van der Waals surface area contributed by atoms with E-state index < -0.39 is 0 Å². The van der Waals surface area contributed by atoms with Crippen LogP contribution in [0.25, 0.3) is 10.7 Å². The van der Waals surface area contributed by atoms with Crippen molar-refractivity contribution in [2.45, 2.75) is 42.2 Å². The summed E-state index contributed by atoms with van der Waals surface area (Å²) in [7, 11) is 0. The van der Waals surface area contributed by atoms with E-state index in [1.54, 1.807) is 6.20 Å². The van der Waals surface area contributed by atoms with Crippen LogP contribution in [0.1, 0.15) is 31.4 Å². The predicted octanol–water partition coefficient (Wildman–Crippen LogP) is 5.42. The van der Waals surface area contributed by atoms with Gasteiger partial charge in [0.05, 0.1) is 17.8 Å². The maximum Gasteiger partial charge on any atom is 0.230 e. The van der Waals surface area contributed by atoms with Crippen LogP contribution in [0.15, 0.2) is 58.9 Å². The number of nitrogens with zero attached hydrogens (tertiary/aromatic N) is 2. The summed E-state index contributed by atoms with van der Waals surface area (Å²) in [6.45, 7) is 0. The van der Waals surface area contributed by atoms with E-state index in [9.17, 15) is 4.79 Å². The van der Waals surface area contributed by atoms with Crippen molar-refractivity contribution in [2.75, 3.05) is 5.32 Å². The highest BCUT2D eigenvalue weighted by atomic mass is 32.2. The predicted molar refractivity (Wildman–Crippen MR) is 112 cm³/mol. The lowest BCUT2D eigenvalue weighted by molar-refractivity contribution is -0.115. The Kier molecular flexibility index (Phi) is 5.84. The summed E-state index contributed by atoms with van der Waals surface area (Å²) in [5.74, 6) is -0.0518. The van der Waals surface area contributed by atoms with E-state index in [0.717, 1.165) is 27.3 Å². The first-order valence-corrected chi connectivity index (χ1v) is 10.9. The van der Waals surface area contributed by atoms with Gasteiger partial charge in [-0.3, -0.25) is 9.78 Å². The number of hydrogen-bond donors (Lipinski definition) is 1. The van der Waals surface area contributed by atoms with E-state index in [4.69, 9.17) is 0 Å². The molecular formula is C21H21N3OS2. The molecule has 1 aliphatic carbocycles. The van der Waals surface area contributed by atoms with Gasteiger partial charge in [0, 0.05) is 27.4 Å². The van der Waals surface area contributed by atoms with Crippen molar-refractivity contribution in [3.05, 3.63) is 59.7 Å². The molecule has 6 heteroatoms. The Labute approximate surface area is 167 Å². The molecule has 1 N–H and O–H groups in total. The van der Waals surface area contributed by atoms with Crippen molar-refractivity contribution < 1.29 is 4.79 Å². The lowest BCUT2D eigenvalue weighted by Crippen LogP contribution is -2.14. The number of nitrogens with one attached hydrogen (secondary N) is 1. The van der Waals surface area contributed by atoms with Crippen LogP contribution in [0.4, 0.5) is 5.69 Å². The van der Waals surface area contributed by atoms with E-state index in [-0.39, 0.29) is 12.3 Å². The summed E-state index contributed by atoms with van der Waals surface area (Å²) in [4.78, 5) is 22.4. The quantitative estimate of drug-likeness (QED) is 0.605. The van der Waals surface area contributed by atoms with Crippen LogP contribution in [0.5, 0.6) is 0 Å². The lowest BCUT2D eigenvalue weighted by Gasteiger charge is -2.09. The number of carbonyl (C=O) groups excluding carboxylic acids is 1. The largest absolute Gasteiger partial charge is 0.326 e. The van der Waals surface area contributed by atoms with Crippen LogP contribution >= 0.6 is 23.1 Å². The van der Waals surface area contributed by atoms with Gasteiger partial charge in [0.15, 0.2) is 0 Å². The van der Waals surface area contributed by atoms with Crippen molar-refractivity contribution in [3.8, 4) is 10.7 Å². The standard InChI is InChI=1S/C21H21N3OS2/c25-20(13-16-14-26-21(24-16)19-7-3-4-12-22-19)23-15-8-10-18(11-9-15)27-17-5-1-2-6-17/h3-4,7-12,14,17H,1-2,5-6,13H2,(H,23,25). The molecule has 1 amide bonds. The molecule has 2 heterocycles. The Morgan fingerprint density at radius 3 is 2.70 bits per heavy atom. The van der Waals surface area contributed by atoms with Gasteiger partial charge >= 0.3 is 0 Å². The average Bonchev–Trinajstić information content (AvgIpc) is 3.36. The molecule has 3 aromatic rings. The summed E-state index contributed by atoms with van der Waals surface area (Å²) in [6, 6.07) is 13.9. The zero-order valence-corrected chi connectivity index (χ0v) is 16.6. The van der Waals surface area contributed by atoms with Gasteiger partial charge < -0.3 is 5.32 Å². The highest BCUT2D eigenvalue weighted by Gasteiger charge is 2.16. The number of thioether (sulfide) groups is 1. The average molecular weight is 396 g/mol. The molecule has 1 saturated carbocycles. The molecule has 0 saturated heterocycles. The minimum atomic E-state index is -0.0518. The third kappa shape index (κ3) is 4.96. The number of anilines is 1. The van der Waals surface area contributed by atoms with Gasteiger partial charge in [-0.05, 0) is 49.2 Å². The first-order valence-electron chi connectivity index (χ1n) is 9.19. The van der Waals surface area contributed by atoms with E-state index in [1.807, 2.05) is 47.5 Å². The summed E-state index contributed by atoms with van der Waals surface area (Å²) in [5, 5.41) is 6.48. The number of hydrogen-bond acceptors (Lipinski definition) is 5. The maximum absolute atomic E-state index is 12.3. The topological polar surface area (TPSA) is 54.9 Å². The molecule has 0 bridgehead atoms. The molecule has 0 spiro atoms. The maximum atomic E-state index is 12.3. The molecule has 1 aromatic carbocycles. The highest BCUT2D eigenvalue weighted by Crippen LogP contribution is 2.35. The second-order valence-corrected chi connectivity index (χ2v) is 8.86. The molecule has 1 aliphatic rings. The Morgan fingerprint density at radius 2 is 1.96 bits per heavy atom. The van der Waals surface area contributed by atoms with Crippen LogP contribution in [0, 0.1) is 0 Å². The molecular weight excluding hydrogens is 374 g/mol. The monoisotopic (exact) mass is 395 g/mol. The number of rotatable bonds is 6. The number of thiazole rings is 1. The Hall–Kier alpha value is -2.18. The first kappa shape index (κ1) is 18.2. The zero-order valence-electron chi connectivity index (χ0n) is 14.9. The molecule has 27 heavy (non-hydrogen) atoms. The molecule has 138 valence electrons. The van der Waals surface area contributed by atoms with Gasteiger partial charge in [-0.25, -0.2) is 4.98 Å². The second kappa shape index (κ2) is 8.67. The Morgan fingerprint density at radius 1 is 1.15 bits per heavy atom. The van der Waals surface area contributed by atoms with Gasteiger partial charge in [0.2, 0.25) is 5.91 Å². The summed E-state index contributed by atoms with van der Waals surface area (Å²) in [6.07, 6.45) is 7.35. The summed E-state index contributed by atoms with van der Waals surface area (Å²) < 4.78 is 0. The van der Waals surface area contributed by atoms with E-state index in [0.29, 0.717) is 0 Å². The smallest absolute Gasteiger partial charge is 0.230 e. The SMILES string of the molecule is O=C(Cc1csc(-c2ccccn2)n1)Nc1ccc(SC2CCCC2)cc1. The number of benzene rings is 1. The fourth-order valence-corrected chi connectivity index (χ4v) is 5.22. The number of carbonyl (C=O) groups is 1. The first-order chi connectivity index (χ1) is 13.3. The molecule has 4 rings (SSSR count). The lowest BCUT2D eigenvalue weighted by atomic mass is 10.3. The van der Waals surface area contributed by atoms with Crippen LogP contribution < -0.4 is 5.32 Å². The third-order valence-corrected chi connectivity index (χ3v) is 6.78. The zero-order chi connectivity index (χ0) is 18.5. The van der Waals surface area contributed by atoms with Crippen molar-refractivity contribution in [3.63, 3.8) is 0 Å². The van der Waals surface area contributed by atoms with E-state index in [1.165, 1.54) is 41.9 Å². The number of pyridine rings is 1. The molecule has 4 nitrogen and oxygen atoms in total. The highest BCUT2D eigenvalue weighted by molar-refractivity contribution is 8.00. The summed E-state index contributed by atoms with van der Waals surface area (Å²) in [5.41, 5.74) is 2.44. The van der Waals surface area contributed by atoms with Gasteiger partial charge in [0.25, 0.3) is 0 Å². The summed E-state index contributed by atoms with van der Waals surface area (Å²) >= 11 is 3.47. The molecule has 0 atom stereocenters. The number of aromatic nitrogens is 2. The van der Waals surface area contributed by atoms with Crippen LogP contribution in [-0.4, -0.2) is 21.1 Å². The fourth-order valence-electron chi connectivity index (χ4n) is 3.18. The molecule has 0 unspecified atom stereocenters. The molecule has 0 radical (unpaired) electrons. The van der Waals surface area contributed by atoms with Crippen LogP contribution in [0.2, 0.25) is 0 Å². The van der Waals surface area contributed by atoms with Gasteiger partial charge in [-0.2, -0.15) is 0 Å². The van der Waals surface area contributed by atoms with Gasteiger partial charge in [-0.15, -0.1) is 23.1 Å². The fraction of sp³-hybridized carbons (Fsp3) is 0.286. The Balaban J connectivity index is 1.32. The van der Waals surface area contributed by atoms with Crippen molar-refractivity contribution >= 4 is 34.7 Å². The van der Waals surface area contributed by atoms with Crippen LogP contribution in [0.3, 0.4) is 0 Å². The van der Waals surface area contributed by atoms with Gasteiger partial charge in [0.1, 0.15) is 5.01 Å². The Bertz CT molecular complexity index is 887. The van der Waals surface area contributed by atoms with E-state index in [2.05, 4.69) is 27.4 Å². The minimum Gasteiger partial charge on any atom is -0.326 e. The van der Waals surface area contributed by atoms with Crippen LogP contribution in [-0.2, 0) is 11.2 Å². The molecule has 1 fully saturated rings. The third-order valence-electron chi connectivity index (χ3n) is 4.52. The normalized spacial score (nSPS) is 14.4. The number of amides is 1. The van der Waals surface area contributed by atoms with Crippen molar-refractivity contribution in [1.82, 2.24) is 9.97 Å². The molecule has 2 aromatic heterocycles. The second-order valence-electron chi connectivity index (χ2n) is 6.63.